The molecule has 0 aliphatic carbocycles. The van der Waals surface area contributed by atoms with Crippen LogP contribution in [0.25, 0.3) is 11.3 Å². The molecule has 11 heteroatoms. The lowest BCUT2D eigenvalue weighted by Gasteiger charge is -2.21. The molecule has 0 fully saturated rings. The van der Waals surface area contributed by atoms with Crippen LogP contribution in [0.5, 0.6) is 5.75 Å². The molecular formula is C21H18F6N4O. The SMILES string of the molecule is CC(C)(C)Nc1nc(Nc2ccc(F)c(F)c2F)cc(-c2cccc(OC(F)(F)F)c2)n1. The van der Waals surface area contributed by atoms with E-state index in [0.717, 1.165) is 24.3 Å². The van der Waals surface area contributed by atoms with Gasteiger partial charge in [-0.2, -0.15) is 4.98 Å². The Morgan fingerprint density at radius 3 is 2.25 bits per heavy atom. The van der Waals surface area contributed by atoms with Crippen LogP contribution in [0, 0.1) is 17.5 Å². The summed E-state index contributed by atoms with van der Waals surface area (Å²) in [5, 5.41) is 5.55. The number of rotatable bonds is 5. The van der Waals surface area contributed by atoms with Gasteiger partial charge in [-0.15, -0.1) is 13.2 Å². The van der Waals surface area contributed by atoms with Gasteiger partial charge in [0.1, 0.15) is 11.6 Å². The van der Waals surface area contributed by atoms with E-state index in [1.807, 2.05) is 20.8 Å². The summed E-state index contributed by atoms with van der Waals surface area (Å²) in [5.41, 5.74) is -0.459. The molecule has 0 aliphatic rings. The lowest BCUT2D eigenvalue weighted by atomic mass is 10.1. The minimum Gasteiger partial charge on any atom is -0.406 e. The highest BCUT2D eigenvalue weighted by Crippen LogP contribution is 2.30. The molecule has 1 aromatic heterocycles. The van der Waals surface area contributed by atoms with E-state index >= 15 is 0 Å². The van der Waals surface area contributed by atoms with Gasteiger partial charge in [0.25, 0.3) is 0 Å². The van der Waals surface area contributed by atoms with E-state index in [9.17, 15) is 26.3 Å². The summed E-state index contributed by atoms with van der Waals surface area (Å²) < 4.78 is 82.5. The zero-order valence-corrected chi connectivity index (χ0v) is 17.1. The molecule has 0 unspecified atom stereocenters. The number of hydrogen-bond acceptors (Lipinski definition) is 5. The Hall–Kier alpha value is -3.50. The third kappa shape index (κ3) is 6.02. The summed E-state index contributed by atoms with van der Waals surface area (Å²) in [4.78, 5) is 8.48. The molecule has 170 valence electrons. The lowest BCUT2D eigenvalue weighted by molar-refractivity contribution is -0.274. The summed E-state index contributed by atoms with van der Waals surface area (Å²) >= 11 is 0. The maximum absolute atomic E-state index is 14.1. The summed E-state index contributed by atoms with van der Waals surface area (Å²) in [6.07, 6.45) is -4.87. The average Bonchev–Trinajstić information content (AvgIpc) is 2.66. The van der Waals surface area contributed by atoms with Crippen LogP contribution in [0.1, 0.15) is 20.8 Å². The van der Waals surface area contributed by atoms with Crippen molar-refractivity contribution < 1.29 is 31.1 Å². The summed E-state index contributed by atoms with van der Waals surface area (Å²) in [5.74, 6) is -4.85. The fraction of sp³-hybridized carbons (Fsp3) is 0.238. The van der Waals surface area contributed by atoms with Crippen LogP contribution in [0.2, 0.25) is 0 Å². The molecule has 0 aliphatic heterocycles. The van der Waals surface area contributed by atoms with E-state index in [0.29, 0.717) is 0 Å². The number of nitrogens with zero attached hydrogens (tertiary/aromatic N) is 2. The Bertz CT molecular complexity index is 1130. The molecule has 0 bridgehead atoms. The van der Waals surface area contributed by atoms with Gasteiger partial charge in [-0.05, 0) is 45.0 Å². The number of alkyl halides is 3. The van der Waals surface area contributed by atoms with Crippen LogP contribution in [-0.2, 0) is 0 Å². The Labute approximate surface area is 179 Å². The number of anilines is 3. The van der Waals surface area contributed by atoms with Crippen LogP contribution in [-0.4, -0.2) is 21.9 Å². The van der Waals surface area contributed by atoms with Gasteiger partial charge in [0.05, 0.1) is 11.4 Å². The van der Waals surface area contributed by atoms with Crippen molar-refractivity contribution in [3.05, 3.63) is 59.9 Å². The third-order valence-corrected chi connectivity index (χ3v) is 3.87. The number of nitrogens with one attached hydrogen (secondary N) is 2. The number of benzene rings is 2. The molecule has 0 saturated heterocycles. The van der Waals surface area contributed by atoms with E-state index in [-0.39, 0.29) is 28.7 Å². The van der Waals surface area contributed by atoms with Gasteiger partial charge in [0, 0.05) is 17.2 Å². The van der Waals surface area contributed by atoms with E-state index in [1.54, 1.807) is 0 Å². The number of aromatic nitrogens is 2. The lowest BCUT2D eigenvalue weighted by Crippen LogP contribution is -2.27. The summed E-state index contributed by atoms with van der Waals surface area (Å²) in [6.45, 7) is 5.47. The van der Waals surface area contributed by atoms with Crippen LogP contribution >= 0.6 is 0 Å². The molecule has 32 heavy (non-hydrogen) atoms. The molecule has 0 spiro atoms. The zero-order valence-electron chi connectivity index (χ0n) is 17.1. The van der Waals surface area contributed by atoms with Gasteiger partial charge in [0.2, 0.25) is 5.95 Å². The first-order valence-electron chi connectivity index (χ1n) is 9.25. The molecule has 2 aromatic carbocycles. The molecule has 3 aromatic rings. The Morgan fingerprint density at radius 1 is 0.875 bits per heavy atom. The smallest absolute Gasteiger partial charge is 0.406 e. The van der Waals surface area contributed by atoms with Gasteiger partial charge >= 0.3 is 6.36 Å². The first kappa shape index (κ1) is 23.2. The Kier molecular flexibility index (Phi) is 6.20. The highest BCUT2D eigenvalue weighted by atomic mass is 19.4. The standard InChI is InChI=1S/C21H18F6N4O/c1-20(2,3)31-19-29-15(11-5-4-6-12(9-11)32-21(25,26)27)10-16(30-19)28-14-8-7-13(22)17(23)18(14)24/h4-10H,1-3H3,(H2,28,29,30,31). The van der Waals surface area contributed by atoms with Crippen molar-refractivity contribution in [2.45, 2.75) is 32.7 Å². The van der Waals surface area contributed by atoms with Crippen molar-refractivity contribution in [1.82, 2.24) is 9.97 Å². The van der Waals surface area contributed by atoms with Crippen molar-refractivity contribution in [1.29, 1.82) is 0 Å². The average molecular weight is 456 g/mol. The quantitative estimate of drug-likeness (QED) is 0.343. The van der Waals surface area contributed by atoms with E-state index in [1.165, 1.54) is 18.2 Å². The highest BCUT2D eigenvalue weighted by molar-refractivity contribution is 5.68. The number of ether oxygens (including phenoxy) is 1. The third-order valence-electron chi connectivity index (χ3n) is 3.87. The molecule has 0 atom stereocenters. The monoisotopic (exact) mass is 456 g/mol. The van der Waals surface area contributed by atoms with Gasteiger partial charge in [-0.1, -0.05) is 12.1 Å². The van der Waals surface area contributed by atoms with Crippen molar-refractivity contribution in [2.24, 2.45) is 0 Å². The first-order chi connectivity index (χ1) is 14.8. The van der Waals surface area contributed by atoms with Crippen molar-refractivity contribution >= 4 is 17.5 Å². The molecule has 1 heterocycles. The Morgan fingerprint density at radius 2 is 1.59 bits per heavy atom. The number of hydrogen-bond donors (Lipinski definition) is 2. The predicted octanol–water partition coefficient (Wildman–Crippen LogP) is 6.41. The molecule has 0 saturated carbocycles. The summed E-state index contributed by atoms with van der Waals surface area (Å²) in [7, 11) is 0. The van der Waals surface area contributed by atoms with Crippen molar-refractivity contribution in [3.8, 4) is 17.0 Å². The van der Waals surface area contributed by atoms with Crippen molar-refractivity contribution in [2.75, 3.05) is 10.6 Å². The predicted molar refractivity (Wildman–Crippen MR) is 107 cm³/mol. The molecule has 2 N–H and O–H groups in total. The van der Waals surface area contributed by atoms with Gasteiger partial charge in [-0.3, -0.25) is 0 Å². The van der Waals surface area contributed by atoms with Crippen LogP contribution < -0.4 is 15.4 Å². The first-order valence-corrected chi connectivity index (χ1v) is 9.25. The zero-order chi connectivity index (χ0) is 23.7. The minimum atomic E-state index is -4.87. The van der Waals surface area contributed by atoms with Crippen LogP contribution in [0.15, 0.2) is 42.5 Å². The largest absolute Gasteiger partial charge is 0.573 e. The number of halogens is 6. The maximum Gasteiger partial charge on any atom is 0.573 e. The van der Waals surface area contributed by atoms with E-state index in [4.69, 9.17) is 0 Å². The molecular weight excluding hydrogens is 438 g/mol. The van der Waals surface area contributed by atoms with Crippen molar-refractivity contribution in [3.63, 3.8) is 0 Å². The highest BCUT2D eigenvalue weighted by Gasteiger charge is 2.31. The normalized spacial score (nSPS) is 11.9. The maximum atomic E-state index is 14.1. The van der Waals surface area contributed by atoms with Crippen LogP contribution in [0.3, 0.4) is 0 Å². The molecule has 0 radical (unpaired) electrons. The molecule has 0 amide bonds. The van der Waals surface area contributed by atoms with Gasteiger partial charge in [-0.25, -0.2) is 18.2 Å². The van der Waals surface area contributed by atoms with E-state index in [2.05, 4.69) is 25.3 Å². The molecule has 5 nitrogen and oxygen atoms in total. The second-order valence-electron chi connectivity index (χ2n) is 7.76. The topological polar surface area (TPSA) is 59.1 Å². The van der Waals surface area contributed by atoms with Gasteiger partial charge < -0.3 is 15.4 Å². The second kappa shape index (κ2) is 8.56. The Balaban J connectivity index is 2.04. The molecule has 3 rings (SSSR count). The second-order valence-corrected chi connectivity index (χ2v) is 7.76. The fourth-order valence-electron chi connectivity index (χ4n) is 2.66. The minimum absolute atomic E-state index is 0.00574. The van der Waals surface area contributed by atoms with Gasteiger partial charge in [0.15, 0.2) is 17.5 Å². The fourth-order valence-corrected chi connectivity index (χ4v) is 2.66. The van der Waals surface area contributed by atoms with Crippen LogP contribution in [0.4, 0.5) is 43.8 Å². The van der Waals surface area contributed by atoms with E-state index < -0.39 is 35.1 Å². The summed E-state index contributed by atoms with van der Waals surface area (Å²) in [6, 6.07) is 8.15.